The van der Waals surface area contributed by atoms with Gasteiger partial charge in [-0.15, -0.1) is 0 Å². The highest BCUT2D eigenvalue weighted by Crippen LogP contribution is 2.27. The van der Waals surface area contributed by atoms with Crippen molar-refractivity contribution in [2.24, 2.45) is 0 Å². The highest BCUT2D eigenvalue weighted by Gasteiger charge is 2.18. The molecule has 0 bridgehead atoms. The van der Waals surface area contributed by atoms with Crippen LogP contribution in [0.15, 0.2) is 69.5 Å². The van der Waals surface area contributed by atoms with Crippen molar-refractivity contribution < 1.29 is 9.21 Å². The monoisotopic (exact) mass is 397 g/mol. The topological polar surface area (TPSA) is 83.3 Å². The predicted octanol–water partition coefficient (Wildman–Crippen LogP) is 3.95. The molecule has 3 rings (SSSR count). The summed E-state index contributed by atoms with van der Waals surface area (Å²) in [5.74, 6) is 0.811. The van der Waals surface area contributed by atoms with E-state index in [1.165, 1.54) is 11.8 Å². The summed E-state index contributed by atoms with van der Waals surface area (Å²) in [4.78, 5) is 23.8. The van der Waals surface area contributed by atoms with Crippen LogP contribution in [0, 0.1) is 6.92 Å². The van der Waals surface area contributed by atoms with Gasteiger partial charge in [0.2, 0.25) is 0 Å². The van der Waals surface area contributed by atoms with Crippen molar-refractivity contribution in [3.05, 3.63) is 66.4 Å². The third-order valence-corrected chi connectivity index (χ3v) is 5.03. The van der Waals surface area contributed by atoms with Gasteiger partial charge in [-0.2, -0.15) is 0 Å². The summed E-state index contributed by atoms with van der Waals surface area (Å²) in [5, 5.41) is 6.49. The second kappa shape index (κ2) is 9.38. The average molecular weight is 398 g/mol. The highest BCUT2D eigenvalue weighted by atomic mass is 32.2. The Bertz CT molecular complexity index is 900. The van der Waals surface area contributed by atoms with E-state index >= 15 is 0 Å². The number of amides is 2. The maximum atomic E-state index is 12.3. The molecule has 0 aliphatic heterocycles. The van der Waals surface area contributed by atoms with Gasteiger partial charge in [0.05, 0.1) is 12.3 Å². The van der Waals surface area contributed by atoms with E-state index in [9.17, 15) is 4.79 Å². The molecule has 2 N–H and O–H groups in total. The first-order chi connectivity index (χ1) is 13.5. The maximum absolute atomic E-state index is 12.3. The van der Waals surface area contributed by atoms with Gasteiger partial charge in [0.15, 0.2) is 5.16 Å². The Labute approximate surface area is 168 Å². The molecular weight excluding hydrogens is 374 g/mol. The number of likely N-dealkylation sites (N-methyl/N-ethyl adjacent to an activating group) is 1. The van der Waals surface area contributed by atoms with Crippen molar-refractivity contribution in [1.82, 2.24) is 20.2 Å². The minimum atomic E-state index is -0.256. The summed E-state index contributed by atoms with van der Waals surface area (Å²) in [5.41, 5.74) is 1.72. The van der Waals surface area contributed by atoms with Crippen molar-refractivity contribution in [1.29, 1.82) is 0 Å². The zero-order valence-corrected chi connectivity index (χ0v) is 16.9. The van der Waals surface area contributed by atoms with Gasteiger partial charge in [0, 0.05) is 29.5 Å². The van der Waals surface area contributed by atoms with E-state index in [1.54, 1.807) is 24.7 Å². The van der Waals surface area contributed by atoms with Crippen LogP contribution < -0.4 is 10.6 Å². The first-order valence-corrected chi connectivity index (χ1v) is 9.65. The molecule has 7 nitrogen and oxygen atoms in total. The van der Waals surface area contributed by atoms with Crippen LogP contribution in [-0.4, -0.2) is 41.5 Å². The molecule has 1 atom stereocenters. The molecule has 0 radical (unpaired) electrons. The number of benzene rings is 1. The van der Waals surface area contributed by atoms with Gasteiger partial charge in [-0.05, 0) is 74.7 Å². The van der Waals surface area contributed by atoms with Gasteiger partial charge in [0.25, 0.3) is 0 Å². The first-order valence-electron chi connectivity index (χ1n) is 8.83. The first kappa shape index (κ1) is 19.9. The Morgan fingerprint density at radius 1 is 1.21 bits per heavy atom. The minimum Gasteiger partial charge on any atom is -0.468 e. The van der Waals surface area contributed by atoms with Gasteiger partial charge in [-0.25, -0.2) is 14.8 Å². The number of urea groups is 1. The molecule has 1 aromatic carbocycles. The number of aromatic nitrogens is 2. The molecule has 0 saturated heterocycles. The molecule has 3 aromatic rings. The van der Waals surface area contributed by atoms with E-state index in [-0.39, 0.29) is 12.1 Å². The van der Waals surface area contributed by atoms with Crippen LogP contribution in [-0.2, 0) is 0 Å². The average Bonchev–Trinajstić information content (AvgIpc) is 3.19. The van der Waals surface area contributed by atoms with Crippen LogP contribution in [0.3, 0.4) is 0 Å². The number of anilines is 1. The third-order valence-electron chi connectivity index (χ3n) is 4.15. The summed E-state index contributed by atoms with van der Waals surface area (Å²) in [6.07, 6.45) is 5.06. The number of aryl methyl sites for hydroxylation is 1. The molecule has 1 unspecified atom stereocenters. The molecule has 0 aliphatic rings. The van der Waals surface area contributed by atoms with Crippen molar-refractivity contribution in [2.45, 2.75) is 23.0 Å². The van der Waals surface area contributed by atoms with E-state index < -0.39 is 0 Å². The summed E-state index contributed by atoms with van der Waals surface area (Å²) in [6, 6.07) is 11.1. The van der Waals surface area contributed by atoms with Crippen LogP contribution >= 0.6 is 11.8 Å². The van der Waals surface area contributed by atoms with Gasteiger partial charge in [-0.3, -0.25) is 4.90 Å². The van der Waals surface area contributed by atoms with Crippen molar-refractivity contribution in [3.63, 3.8) is 0 Å². The Kier molecular flexibility index (Phi) is 6.67. The van der Waals surface area contributed by atoms with Crippen LogP contribution in [0.5, 0.6) is 0 Å². The number of carbonyl (C=O) groups is 1. The van der Waals surface area contributed by atoms with Crippen LogP contribution in [0.4, 0.5) is 10.5 Å². The largest absolute Gasteiger partial charge is 0.468 e. The summed E-state index contributed by atoms with van der Waals surface area (Å²) < 4.78 is 5.46. The molecule has 2 heterocycles. The molecule has 0 fully saturated rings. The van der Waals surface area contributed by atoms with E-state index in [0.29, 0.717) is 11.7 Å². The fraction of sp³-hybridized carbons (Fsp3) is 0.250. The van der Waals surface area contributed by atoms with E-state index in [2.05, 4.69) is 20.6 Å². The molecule has 146 valence electrons. The second-order valence-corrected chi connectivity index (χ2v) is 7.48. The molecule has 0 spiro atoms. The van der Waals surface area contributed by atoms with Gasteiger partial charge >= 0.3 is 6.03 Å². The fourth-order valence-corrected chi connectivity index (χ4v) is 3.47. The van der Waals surface area contributed by atoms with Crippen molar-refractivity contribution in [3.8, 4) is 0 Å². The lowest BCUT2D eigenvalue weighted by Crippen LogP contribution is -2.36. The zero-order valence-electron chi connectivity index (χ0n) is 16.0. The molecular formula is C20H23N5O2S. The lowest BCUT2D eigenvalue weighted by atomic mass is 10.2. The SMILES string of the molecule is Cc1cc(Sc2ncccn2)ccc1NC(=O)NCC(c1ccco1)N(C)C. The van der Waals surface area contributed by atoms with Crippen LogP contribution in [0.1, 0.15) is 17.4 Å². The van der Waals surface area contributed by atoms with E-state index in [0.717, 1.165) is 21.9 Å². The summed E-state index contributed by atoms with van der Waals surface area (Å²) in [6.45, 7) is 2.39. The van der Waals surface area contributed by atoms with Crippen molar-refractivity contribution >= 4 is 23.5 Å². The van der Waals surface area contributed by atoms with E-state index in [4.69, 9.17) is 4.42 Å². The molecule has 8 heteroatoms. The highest BCUT2D eigenvalue weighted by molar-refractivity contribution is 7.99. The normalized spacial score (nSPS) is 12.0. The molecule has 2 amide bonds. The van der Waals surface area contributed by atoms with E-state index in [1.807, 2.05) is 56.3 Å². The number of furan rings is 1. The van der Waals surface area contributed by atoms with Crippen LogP contribution in [0.2, 0.25) is 0 Å². The number of nitrogens with zero attached hydrogens (tertiary/aromatic N) is 3. The lowest BCUT2D eigenvalue weighted by molar-refractivity contribution is 0.233. The number of hydrogen-bond acceptors (Lipinski definition) is 6. The number of hydrogen-bond donors (Lipinski definition) is 2. The number of rotatable bonds is 7. The Morgan fingerprint density at radius 3 is 2.64 bits per heavy atom. The Morgan fingerprint density at radius 2 is 2.00 bits per heavy atom. The zero-order chi connectivity index (χ0) is 19.9. The third kappa shape index (κ3) is 5.34. The second-order valence-electron chi connectivity index (χ2n) is 6.44. The molecule has 2 aromatic heterocycles. The Balaban J connectivity index is 1.58. The van der Waals surface area contributed by atoms with Crippen LogP contribution in [0.25, 0.3) is 0 Å². The Hall–Kier alpha value is -2.84. The molecule has 0 aliphatic carbocycles. The maximum Gasteiger partial charge on any atom is 0.319 e. The smallest absolute Gasteiger partial charge is 0.319 e. The van der Waals surface area contributed by atoms with Gasteiger partial charge in [0.1, 0.15) is 5.76 Å². The predicted molar refractivity (Wildman–Crippen MR) is 109 cm³/mol. The van der Waals surface area contributed by atoms with Crippen molar-refractivity contribution in [2.75, 3.05) is 26.0 Å². The molecule has 28 heavy (non-hydrogen) atoms. The van der Waals surface area contributed by atoms with Gasteiger partial charge in [-0.1, -0.05) is 0 Å². The fourth-order valence-electron chi connectivity index (χ4n) is 2.66. The quantitative estimate of drug-likeness (QED) is 0.587. The summed E-state index contributed by atoms with van der Waals surface area (Å²) >= 11 is 1.48. The number of nitrogens with one attached hydrogen (secondary N) is 2. The standard InChI is InChI=1S/C20H23N5O2S/c1-14-12-15(28-20-21-9-5-10-22-20)7-8-16(14)24-19(26)23-13-17(25(2)3)18-6-4-11-27-18/h4-12,17H,13H2,1-3H3,(H2,23,24,26). The summed E-state index contributed by atoms with van der Waals surface area (Å²) in [7, 11) is 3.90. The van der Waals surface area contributed by atoms with Gasteiger partial charge < -0.3 is 15.1 Å². The molecule has 0 saturated carbocycles. The number of carbonyl (C=O) groups excluding carboxylic acids is 1. The lowest BCUT2D eigenvalue weighted by Gasteiger charge is -2.22. The minimum absolute atomic E-state index is 0.0357.